The van der Waals surface area contributed by atoms with Gasteiger partial charge in [-0.2, -0.15) is 5.10 Å². The number of carbonyl (C=O) groups is 1. The number of halogens is 1. The summed E-state index contributed by atoms with van der Waals surface area (Å²) in [5, 5.41) is 25.1. The smallest absolute Gasteiger partial charge is 0.353 e. The van der Waals surface area contributed by atoms with Gasteiger partial charge in [-0.25, -0.2) is 4.79 Å². The first-order valence-electron chi connectivity index (χ1n) is 5.30. The van der Waals surface area contributed by atoms with Crippen LogP contribution in [0.15, 0.2) is 16.6 Å². The van der Waals surface area contributed by atoms with Crippen molar-refractivity contribution in [1.82, 2.24) is 10.2 Å². The number of hydrogen-bond donors (Lipinski definition) is 3. The van der Waals surface area contributed by atoms with E-state index in [0.717, 1.165) is 5.56 Å². The largest absolute Gasteiger partial charge is 0.504 e. The fourth-order valence-electron chi connectivity index (χ4n) is 1.79. The number of methoxy groups -OCH3 is 1. The number of aromatic amines is 1. The van der Waals surface area contributed by atoms with Crippen LogP contribution in [-0.4, -0.2) is 33.5 Å². The Morgan fingerprint density at radius 2 is 2.16 bits per heavy atom. The number of carboxylic acids is 1. The molecule has 0 aliphatic heterocycles. The normalized spacial score (nSPS) is 10.5. The van der Waals surface area contributed by atoms with E-state index in [0.29, 0.717) is 15.7 Å². The van der Waals surface area contributed by atoms with Crippen LogP contribution in [0.5, 0.6) is 11.5 Å². The van der Waals surface area contributed by atoms with E-state index in [2.05, 4.69) is 26.1 Å². The highest BCUT2D eigenvalue weighted by atomic mass is 79.9. The molecule has 0 spiro atoms. The van der Waals surface area contributed by atoms with Gasteiger partial charge < -0.3 is 14.9 Å². The van der Waals surface area contributed by atoms with Gasteiger partial charge >= 0.3 is 5.97 Å². The van der Waals surface area contributed by atoms with Gasteiger partial charge in [-0.15, -0.1) is 0 Å². The van der Waals surface area contributed by atoms with Crippen molar-refractivity contribution in [3.8, 4) is 22.8 Å². The second-order valence-corrected chi connectivity index (χ2v) is 4.74. The fraction of sp³-hybridized carbons (Fsp3) is 0.167. The van der Waals surface area contributed by atoms with E-state index in [1.165, 1.54) is 19.2 Å². The summed E-state index contributed by atoms with van der Waals surface area (Å²) in [6.45, 7) is 1.82. The lowest BCUT2D eigenvalue weighted by Crippen LogP contribution is -1.95. The molecule has 1 heterocycles. The van der Waals surface area contributed by atoms with Crippen molar-refractivity contribution >= 4 is 21.9 Å². The maximum atomic E-state index is 10.9. The van der Waals surface area contributed by atoms with Crippen LogP contribution in [0.25, 0.3) is 11.3 Å². The molecular weight excluding hydrogens is 316 g/mol. The minimum Gasteiger partial charge on any atom is -0.504 e. The molecule has 0 radical (unpaired) electrons. The number of carboxylic acid groups (broad SMARTS) is 1. The van der Waals surface area contributed by atoms with Crippen LogP contribution in [0.1, 0.15) is 16.1 Å². The summed E-state index contributed by atoms with van der Waals surface area (Å²) >= 11 is 3.32. The number of H-pyrrole nitrogens is 1. The predicted octanol–water partition coefficient (Wildman–Crippen LogP) is 2.56. The van der Waals surface area contributed by atoms with E-state index in [4.69, 9.17) is 9.84 Å². The van der Waals surface area contributed by atoms with E-state index in [1.54, 1.807) is 0 Å². The average Bonchev–Trinajstić information content (AvgIpc) is 2.82. The van der Waals surface area contributed by atoms with Gasteiger partial charge in [-0.1, -0.05) is 15.9 Å². The van der Waals surface area contributed by atoms with Gasteiger partial charge in [0.25, 0.3) is 0 Å². The fourth-order valence-corrected chi connectivity index (χ4v) is 2.20. The molecule has 6 nitrogen and oxygen atoms in total. The predicted molar refractivity (Wildman–Crippen MR) is 71.6 cm³/mol. The zero-order chi connectivity index (χ0) is 14.2. The topological polar surface area (TPSA) is 95.4 Å². The molecule has 3 N–H and O–H groups in total. The molecule has 0 saturated carbocycles. The Bertz CT molecular complexity index is 651. The molecule has 19 heavy (non-hydrogen) atoms. The number of phenols is 1. The molecule has 100 valence electrons. The van der Waals surface area contributed by atoms with Gasteiger partial charge in [0.15, 0.2) is 11.5 Å². The maximum absolute atomic E-state index is 10.9. The van der Waals surface area contributed by atoms with Crippen molar-refractivity contribution in [2.45, 2.75) is 6.92 Å². The minimum absolute atomic E-state index is 0.0316. The number of benzene rings is 1. The lowest BCUT2D eigenvalue weighted by atomic mass is 10.0. The Morgan fingerprint density at radius 3 is 2.68 bits per heavy atom. The van der Waals surface area contributed by atoms with Crippen molar-refractivity contribution < 1.29 is 19.7 Å². The van der Waals surface area contributed by atoms with Crippen molar-refractivity contribution in [2.24, 2.45) is 0 Å². The molecular formula is C12H11BrN2O4. The number of nitrogens with one attached hydrogen (secondary N) is 1. The molecule has 1 aromatic carbocycles. The third kappa shape index (κ3) is 2.28. The summed E-state index contributed by atoms with van der Waals surface area (Å²) in [7, 11) is 1.43. The summed E-state index contributed by atoms with van der Waals surface area (Å²) in [6, 6.07) is 2.90. The average molecular weight is 327 g/mol. The van der Waals surface area contributed by atoms with E-state index in [9.17, 15) is 9.90 Å². The highest BCUT2D eigenvalue weighted by Gasteiger charge is 2.20. The Hall–Kier alpha value is -2.02. The van der Waals surface area contributed by atoms with E-state index in [-0.39, 0.29) is 17.2 Å². The molecule has 2 rings (SSSR count). The molecule has 7 heteroatoms. The molecule has 2 aromatic rings. The first-order valence-corrected chi connectivity index (χ1v) is 6.10. The van der Waals surface area contributed by atoms with Crippen molar-refractivity contribution in [2.75, 3.05) is 7.11 Å². The number of aromatic carboxylic acids is 1. The number of ether oxygens (including phenoxy) is 1. The van der Waals surface area contributed by atoms with Crippen LogP contribution in [-0.2, 0) is 0 Å². The second kappa shape index (κ2) is 4.93. The molecule has 0 aliphatic carbocycles. The van der Waals surface area contributed by atoms with Crippen molar-refractivity contribution in [3.63, 3.8) is 0 Å². The maximum Gasteiger partial charge on any atom is 0.353 e. The third-order valence-electron chi connectivity index (χ3n) is 2.72. The zero-order valence-electron chi connectivity index (χ0n) is 10.2. The van der Waals surface area contributed by atoms with E-state index < -0.39 is 5.97 Å². The summed E-state index contributed by atoms with van der Waals surface area (Å²) < 4.78 is 5.85. The van der Waals surface area contributed by atoms with Gasteiger partial charge in [-0.05, 0) is 24.6 Å². The third-order valence-corrected chi connectivity index (χ3v) is 3.55. The van der Waals surface area contributed by atoms with Gasteiger partial charge in [-0.3, -0.25) is 5.10 Å². The van der Waals surface area contributed by atoms with Crippen LogP contribution in [0, 0.1) is 6.92 Å². The Balaban J connectivity index is 2.69. The monoisotopic (exact) mass is 326 g/mol. The molecule has 0 saturated heterocycles. The van der Waals surface area contributed by atoms with Gasteiger partial charge in [0.05, 0.1) is 18.4 Å². The van der Waals surface area contributed by atoms with E-state index in [1.807, 2.05) is 6.92 Å². The summed E-state index contributed by atoms with van der Waals surface area (Å²) in [6.07, 6.45) is 0. The Labute approximate surface area is 117 Å². The van der Waals surface area contributed by atoms with Crippen LogP contribution in [0.3, 0.4) is 0 Å². The van der Waals surface area contributed by atoms with Gasteiger partial charge in [0.1, 0.15) is 5.69 Å². The van der Waals surface area contributed by atoms with Crippen LogP contribution >= 0.6 is 15.9 Å². The summed E-state index contributed by atoms with van der Waals surface area (Å²) in [4.78, 5) is 10.9. The molecule has 0 unspecified atom stereocenters. The lowest BCUT2D eigenvalue weighted by Gasteiger charge is -2.12. The number of phenolic OH excluding ortho intramolecular Hbond substituents is 1. The molecule has 0 atom stereocenters. The number of nitrogens with zero attached hydrogens (tertiary/aromatic N) is 1. The van der Waals surface area contributed by atoms with Crippen molar-refractivity contribution in [1.29, 1.82) is 0 Å². The van der Waals surface area contributed by atoms with Gasteiger partial charge in [0, 0.05) is 4.47 Å². The summed E-state index contributed by atoms with van der Waals surface area (Å²) in [5.41, 5.74) is 1.69. The van der Waals surface area contributed by atoms with E-state index >= 15 is 0 Å². The molecule has 0 amide bonds. The van der Waals surface area contributed by atoms with Gasteiger partial charge in [0.2, 0.25) is 0 Å². The summed E-state index contributed by atoms with van der Waals surface area (Å²) in [5.74, 6) is -0.895. The lowest BCUT2D eigenvalue weighted by molar-refractivity contribution is 0.0690. The van der Waals surface area contributed by atoms with Crippen LogP contribution < -0.4 is 4.74 Å². The first-order chi connectivity index (χ1) is 8.95. The second-order valence-electron chi connectivity index (χ2n) is 3.88. The number of aromatic hydroxyl groups is 1. The zero-order valence-corrected chi connectivity index (χ0v) is 11.8. The highest BCUT2D eigenvalue weighted by molar-refractivity contribution is 9.10. The number of rotatable bonds is 3. The molecule has 0 bridgehead atoms. The van der Waals surface area contributed by atoms with Crippen molar-refractivity contribution in [3.05, 3.63) is 27.9 Å². The van der Waals surface area contributed by atoms with Crippen LogP contribution in [0.4, 0.5) is 0 Å². The SMILES string of the molecule is COc1c(O)cc(Br)c(C)c1-c1cc(C(=O)O)[nH]n1. The highest BCUT2D eigenvalue weighted by Crippen LogP contribution is 2.42. The minimum atomic E-state index is -1.10. The quantitative estimate of drug-likeness (QED) is 0.805. The molecule has 1 aromatic heterocycles. The number of aromatic nitrogens is 2. The Morgan fingerprint density at radius 1 is 1.47 bits per heavy atom. The molecule has 0 fully saturated rings. The number of hydrogen-bond acceptors (Lipinski definition) is 4. The first kappa shape index (κ1) is 13.4. The van der Waals surface area contributed by atoms with Crippen LogP contribution in [0.2, 0.25) is 0 Å². The standard InChI is InChI=1S/C12H11BrN2O4/c1-5-6(13)3-9(16)11(19-2)10(5)7-4-8(12(17)18)15-14-7/h3-4,16H,1-2H3,(H,14,15)(H,17,18). The Kier molecular flexibility index (Phi) is 3.48. The molecule has 0 aliphatic rings.